The lowest BCUT2D eigenvalue weighted by molar-refractivity contribution is 0.103. The van der Waals surface area contributed by atoms with Crippen LogP contribution in [0.15, 0.2) is 29.9 Å². The standard InChI is InChI=1S/C12H10N2O3S/c15-12(11-6-13-7-18-11)14-8-1-2-9-10(5-8)17-4-3-16-9/h1-2,5-7H,3-4H2,(H,14,15). The van der Waals surface area contributed by atoms with E-state index in [0.717, 1.165) is 0 Å². The van der Waals surface area contributed by atoms with Crippen LogP contribution in [0.1, 0.15) is 9.67 Å². The minimum absolute atomic E-state index is 0.172. The Kier molecular flexibility index (Phi) is 2.85. The van der Waals surface area contributed by atoms with Crippen molar-refractivity contribution in [2.45, 2.75) is 0 Å². The number of fused-ring (bicyclic) bond motifs is 1. The number of hydrogen-bond acceptors (Lipinski definition) is 5. The fourth-order valence-electron chi connectivity index (χ4n) is 1.64. The largest absolute Gasteiger partial charge is 0.486 e. The van der Waals surface area contributed by atoms with Gasteiger partial charge in [-0.15, -0.1) is 11.3 Å². The summed E-state index contributed by atoms with van der Waals surface area (Å²) in [6.45, 7) is 1.08. The molecular formula is C12H10N2O3S. The van der Waals surface area contributed by atoms with E-state index in [9.17, 15) is 4.79 Å². The highest BCUT2D eigenvalue weighted by Crippen LogP contribution is 2.32. The summed E-state index contributed by atoms with van der Waals surface area (Å²) in [6, 6.07) is 5.33. The van der Waals surface area contributed by atoms with E-state index in [0.29, 0.717) is 35.3 Å². The summed E-state index contributed by atoms with van der Waals surface area (Å²) < 4.78 is 10.9. The molecule has 2 heterocycles. The van der Waals surface area contributed by atoms with E-state index in [1.165, 1.54) is 17.5 Å². The van der Waals surface area contributed by atoms with Crippen molar-refractivity contribution in [3.63, 3.8) is 0 Å². The van der Waals surface area contributed by atoms with Gasteiger partial charge in [-0.3, -0.25) is 9.78 Å². The molecule has 0 atom stereocenters. The Balaban J connectivity index is 1.79. The SMILES string of the molecule is O=C(Nc1ccc2c(c1)OCCO2)c1cncs1. The minimum Gasteiger partial charge on any atom is -0.486 e. The summed E-state index contributed by atoms with van der Waals surface area (Å²) in [4.78, 5) is 16.3. The third-order valence-electron chi connectivity index (χ3n) is 2.46. The predicted molar refractivity (Wildman–Crippen MR) is 67.5 cm³/mol. The van der Waals surface area contributed by atoms with Gasteiger partial charge in [0, 0.05) is 11.8 Å². The van der Waals surface area contributed by atoms with Gasteiger partial charge in [0.05, 0.1) is 11.7 Å². The minimum atomic E-state index is -0.172. The monoisotopic (exact) mass is 262 g/mol. The van der Waals surface area contributed by atoms with Crippen LogP contribution in [0.25, 0.3) is 0 Å². The van der Waals surface area contributed by atoms with Crippen molar-refractivity contribution in [3.05, 3.63) is 34.8 Å². The molecule has 0 unspecified atom stereocenters. The summed E-state index contributed by atoms with van der Waals surface area (Å²) in [7, 11) is 0. The smallest absolute Gasteiger partial charge is 0.267 e. The third-order valence-corrected chi connectivity index (χ3v) is 3.23. The van der Waals surface area contributed by atoms with Crippen LogP contribution in [0.3, 0.4) is 0 Å². The topological polar surface area (TPSA) is 60.5 Å². The van der Waals surface area contributed by atoms with E-state index in [1.807, 2.05) is 0 Å². The summed E-state index contributed by atoms with van der Waals surface area (Å²) in [5.74, 6) is 1.19. The first-order valence-electron chi connectivity index (χ1n) is 5.42. The number of ether oxygens (including phenoxy) is 2. The molecule has 0 bridgehead atoms. The fraction of sp³-hybridized carbons (Fsp3) is 0.167. The van der Waals surface area contributed by atoms with E-state index in [2.05, 4.69) is 10.3 Å². The van der Waals surface area contributed by atoms with Crippen LogP contribution in [-0.4, -0.2) is 24.1 Å². The fourth-order valence-corrected chi connectivity index (χ4v) is 2.16. The molecular weight excluding hydrogens is 252 g/mol. The highest BCUT2D eigenvalue weighted by molar-refractivity contribution is 7.11. The zero-order valence-corrected chi connectivity index (χ0v) is 10.2. The van der Waals surface area contributed by atoms with Crippen molar-refractivity contribution >= 4 is 22.9 Å². The van der Waals surface area contributed by atoms with Gasteiger partial charge in [0.15, 0.2) is 11.5 Å². The molecule has 1 aromatic carbocycles. The first-order chi connectivity index (χ1) is 8.83. The number of anilines is 1. The second kappa shape index (κ2) is 4.66. The Bertz CT molecular complexity index is 569. The van der Waals surface area contributed by atoms with Crippen molar-refractivity contribution in [1.29, 1.82) is 0 Å². The number of carbonyl (C=O) groups is 1. The number of nitrogens with one attached hydrogen (secondary N) is 1. The molecule has 0 radical (unpaired) electrons. The Labute approximate surface area is 107 Å². The highest BCUT2D eigenvalue weighted by atomic mass is 32.1. The number of carbonyl (C=O) groups excluding carboxylic acids is 1. The molecule has 92 valence electrons. The second-order valence-electron chi connectivity index (χ2n) is 3.68. The van der Waals surface area contributed by atoms with Crippen molar-refractivity contribution in [2.75, 3.05) is 18.5 Å². The quantitative estimate of drug-likeness (QED) is 0.901. The third kappa shape index (κ3) is 2.14. The molecule has 1 N–H and O–H groups in total. The van der Waals surface area contributed by atoms with E-state index < -0.39 is 0 Å². The first kappa shape index (κ1) is 11.0. The second-order valence-corrected chi connectivity index (χ2v) is 4.56. The summed E-state index contributed by atoms with van der Waals surface area (Å²) in [5.41, 5.74) is 2.30. The number of aromatic nitrogens is 1. The molecule has 1 aliphatic heterocycles. The molecule has 0 saturated carbocycles. The predicted octanol–water partition coefficient (Wildman–Crippen LogP) is 2.17. The van der Waals surface area contributed by atoms with Crippen molar-refractivity contribution in [2.24, 2.45) is 0 Å². The van der Waals surface area contributed by atoms with Gasteiger partial charge >= 0.3 is 0 Å². The molecule has 0 aliphatic carbocycles. The average molecular weight is 262 g/mol. The van der Waals surface area contributed by atoms with Crippen LogP contribution in [0.5, 0.6) is 11.5 Å². The summed E-state index contributed by atoms with van der Waals surface area (Å²) in [5, 5.41) is 2.79. The van der Waals surface area contributed by atoms with E-state index >= 15 is 0 Å². The Morgan fingerprint density at radius 1 is 1.28 bits per heavy atom. The number of amides is 1. The van der Waals surface area contributed by atoms with E-state index in [1.54, 1.807) is 23.7 Å². The number of rotatable bonds is 2. The van der Waals surface area contributed by atoms with Gasteiger partial charge in [-0.25, -0.2) is 0 Å². The Hall–Kier alpha value is -2.08. The summed E-state index contributed by atoms with van der Waals surface area (Å²) >= 11 is 1.30. The van der Waals surface area contributed by atoms with Gasteiger partial charge in [-0.1, -0.05) is 0 Å². The van der Waals surface area contributed by atoms with Gasteiger partial charge in [0.2, 0.25) is 0 Å². The lowest BCUT2D eigenvalue weighted by Crippen LogP contribution is -2.16. The summed E-state index contributed by atoms with van der Waals surface area (Å²) in [6.07, 6.45) is 1.54. The van der Waals surface area contributed by atoms with Gasteiger partial charge in [-0.05, 0) is 12.1 Å². The molecule has 0 saturated heterocycles. The lowest BCUT2D eigenvalue weighted by Gasteiger charge is -2.18. The zero-order valence-electron chi connectivity index (χ0n) is 9.38. The lowest BCUT2D eigenvalue weighted by atomic mass is 10.2. The van der Waals surface area contributed by atoms with E-state index in [4.69, 9.17) is 9.47 Å². The highest BCUT2D eigenvalue weighted by Gasteiger charge is 2.13. The maximum absolute atomic E-state index is 11.8. The maximum Gasteiger partial charge on any atom is 0.267 e. The zero-order chi connectivity index (χ0) is 12.4. The number of benzene rings is 1. The van der Waals surface area contributed by atoms with Crippen LogP contribution in [-0.2, 0) is 0 Å². The molecule has 0 fully saturated rings. The van der Waals surface area contributed by atoms with Crippen LogP contribution >= 0.6 is 11.3 Å². The first-order valence-corrected chi connectivity index (χ1v) is 6.30. The van der Waals surface area contributed by atoms with Gasteiger partial charge in [-0.2, -0.15) is 0 Å². The number of hydrogen-bond donors (Lipinski definition) is 1. The number of nitrogens with zero attached hydrogens (tertiary/aromatic N) is 1. The molecule has 18 heavy (non-hydrogen) atoms. The van der Waals surface area contributed by atoms with Crippen LogP contribution in [0.2, 0.25) is 0 Å². The number of thiazole rings is 1. The van der Waals surface area contributed by atoms with Crippen LogP contribution in [0, 0.1) is 0 Å². The van der Waals surface area contributed by atoms with Gasteiger partial charge in [0.1, 0.15) is 18.1 Å². The molecule has 1 aliphatic rings. The molecule has 6 heteroatoms. The van der Waals surface area contributed by atoms with Crippen molar-refractivity contribution in [3.8, 4) is 11.5 Å². The van der Waals surface area contributed by atoms with Crippen molar-refractivity contribution in [1.82, 2.24) is 4.98 Å². The average Bonchev–Trinajstić information content (AvgIpc) is 2.92. The Morgan fingerprint density at radius 3 is 2.89 bits per heavy atom. The van der Waals surface area contributed by atoms with Crippen LogP contribution < -0.4 is 14.8 Å². The van der Waals surface area contributed by atoms with Crippen molar-refractivity contribution < 1.29 is 14.3 Å². The van der Waals surface area contributed by atoms with Gasteiger partial charge in [0.25, 0.3) is 5.91 Å². The van der Waals surface area contributed by atoms with E-state index in [-0.39, 0.29) is 5.91 Å². The van der Waals surface area contributed by atoms with Gasteiger partial charge < -0.3 is 14.8 Å². The molecule has 2 aromatic rings. The normalized spacial score (nSPS) is 13.1. The molecule has 1 amide bonds. The van der Waals surface area contributed by atoms with Crippen LogP contribution in [0.4, 0.5) is 5.69 Å². The molecule has 1 aromatic heterocycles. The molecule has 5 nitrogen and oxygen atoms in total. The molecule has 3 rings (SSSR count). The molecule has 0 spiro atoms. The Morgan fingerprint density at radius 2 is 2.11 bits per heavy atom. The maximum atomic E-state index is 11.8.